The van der Waals surface area contributed by atoms with Gasteiger partial charge in [-0.3, -0.25) is 4.79 Å². The number of carbonyl (C=O) groups is 1. The number of carbonyl (C=O) groups excluding carboxylic acids is 1. The second kappa shape index (κ2) is 5.92. The molecule has 0 bridgehead atoms. The van der Waals surface area contributed by atoms with E-state index in [1.165, 1.54) is 0 Å². The number of phenols is 1. The molecule has 0 aliphatic carbocycles. The third-order valence-corrected chi connectivity index (χ3v) is 3.73. The Balaban J connectivity index is 1.85. The van der Waals surface area contributed by atoms with Crippen LogP contribution in [0.15, 0.2) is 54.7 Å². The Morgan fingerprint density at radius 3 is 2.21 bits per heavy atom. The normalized spacial score (nSPS) is 11.5. The van der Waals surface area contributed by atoms with Gasteiger partial charge in [-0.1, -0.05) is 50.3 Å². The molecule has 0 saturated carbocycles. The topological polar surface area (TPSA) is 68.0 Å². The van der Waals surface area contributed by atoms with Crippen molar-refractivity contribution in [1.82, 2.24) is 15.0 Å². The van der Waals surface area contributed by atoms with E-state index in [4.69, 9.17) is 0 Å². The predicted molar refractivity (Wildman–Crippen MR) is 92.2 cm³/mol. The molecule has 24 heavy (non-hydrogen) atoms. The lowest BCUT2D eigenvalue weighted by atomic mass is 9.86. The van der Waals surface area contributed by atoms with Gasteiger partial charge in [-0.25, -0.2) is 4.68 Å². The Morgan fingerprint density at radius 2 is 1.62 bits per heavy atom. The molecule has 1 heterocycles. The van der Waals surface area contributed by atoms with Crippen molar-refractivity contribution in [2.75, 3.05) is 0 Å². The first-order chi connectivity index (χ1) is 11.3. The average Bonchev–Trinajstić information content (AvgIpc) is 3.04. The molecular weight excluding hydrogens is 302 g/mol. The van der Waals surface area contributed by atoms with Gasteiger partial charge in [-0.05, 0) is 24.3 Å². The zero-order valence-corrected chi connectivity index (χ0v) is 13.9. The van der Waals surface area contributed by atoms with E-state index in [0.29, 0.717) is 5.56 Å². The third kappa shape index (κ3) is 3.20. The molecule has 0 saturated heterocycles. The Bertz CT molecular complexity index is 857. The van der Waals surface area contributed by atoms with Gasteiger partial charge in [0.05, 0.1) is 11.9 Å². The van der Waals surface area contributed by atoms with Crippen molar-refractivity contribution < 1.29 is 9.90 Å². The Kier molecular flexibility index (Phi) is 3.93. The number of rotatable bonds is 3. The van der Waals surface area contributed by atoms with Crippen molar-refractivity contribution in [2.45, 2.75) is 20.8 Å². The smallest absolute Gasteiger partial charge is 0.168 e. The van der Waals surface area contributed by atoms with Crippen LogP contribution in [-0.4, -0.2) is 25.9 Å². The first kappa shape index (κ1) is 15.9. The Hall–Kier alpha value is -2.95. The molecule has 0 radical (unpaired) electrons. The van der Waals surface area contributed by atoms with Crippen molar-refractivity contribution >= 4 is 5.78 Å². The first-order valence-electron chi connectivity index (χ1n) is 7.71. The lowest BCUT2D eigenvalue weighted by Gasteiger charge is -2.16. The number of hydrogen-bond acceptors (Lipinski definition) is 4. The van der Waals surface area contributed by atoms with Crippen LogP contribution in [0.2, 0.25) is 0 Å². The van der Waals surface area contributed by atoms with Gasteiger partial charge >= 0.3 is 0 Å². The van der Waals surface area contributed by atoms with E-state index in [0.717, 1.165) is 16.9 Å². The molecule has 0 amide bonds. The Morgan fingerprint density at radius 1 is 1.00 bits per heavy atom. The monoisotopic (exact) mass is 321 g/mol. The number of benzene rings is 2. The van der Waals surface area contributed by atoms with E-state index >= 15 is 0 Å². The number of aromatic hydroxyl groups is 1. The zero-order chi connectivity index (χ0) is 17.3. The van der Waals surface area contributed by atoms with Gasteiger partial charge in [0.15, 0.2) is 5.78 Å². The van der Waals surface area contributed by atoms with Crippen molar-refractivity contribution in [1.29, 1.82) is 0 Å². The maximum absolute atomic E-state index is 12.3. The van der Waals surface area contributed by atoms with Crippen molar-refractivity contribution in [3.63, 3.8) is 0 Å². The van der Waals surface area contributed by atoms with E-state index in [1.807, 2.05) is 51.2 Å². The highest BCUT2D eigenvalue weighted by molar-refractivity contribution is 6.00. The van der Waals surface area contributed by atoms with E-state index in [2.05, 4.69) is 10.3 Å². The van der Waals surface area contributed by atoms with Crippen molar-refractivity contribution in [2.24, 2.45) is 5.41 Å². The second-order valence-electron chi connectivity index (χ2n) is 6.72. The molecule has 0 fully saturated rings. The highest BCUT2D eigenvalue weighted by Gasteiger charge is 2.22. The van der Waals surface area contributed by atoms with Crippen LogP contribution >= 0.6 is 0 Å². The molecule has 5 heteroatoms. The molecule has 0 spiro atoms. The van der Waals surface area contributed by atoms with Crippen molar-refractivity contribution in [3.05, 3.63) is 60.3 Å². The quantitative estimate of drug-likeness (QED) is 0.744. The molecule has 1 N–H and O–H groups in total. The molecule has 5 nitrogen and oxygen atoms in total. The molecule has 0 aliphatic rings. The first-order valence-corrected chi connectivity index (χ1v) is 7.71. The summed E-state index contributed by atoms with van der Waals surface area (Å²) in [5.74, 6) is 0.319. The summed E-state index contributed by atoms with van der Waals surface area (Å²) in [5.41, 5.74) is 2.72. The number of phenolic OH excluding ortho intramolecular Hbond substituents is 1. The standard InChI is InChI=1S/C19H19N3O2/c1-19(2,3)18(24)14-6-4-13(5-7-14)17-12-22(21-20-17)15-8-10-16(23)11-9-15/h4-12,23H,1-3H3. The van der Waals surface area contributed by atoms with E-state index in [1.54, 1.807) is 28.9 Å². The van der Waals surface area contributed by atoms with Crippen LogP contribution in [0, 0.1) is 5.41 Å². The van der Waals surface area contributed by atoms with Gasteiger partial charge in [0.2, 0.25) is 0 Å². The molecule has 2 aromatic carbocycles. The minimum absolute atomic E-state index is 0.113. The maximum atomic E-state index is 12.3. The molecule has 122 valence electrons. The van der Waals surface area contributed by atoms with E-state index < -0.39 is 5.41 Å². The summed E-state index contributed by atoms with van der Waals surface area (Å²) in [7, 11) is 0. The molecule has 0 unspecified atom stereocenters. The maximum Gasteiger partial charge on any atom is 0.168 e. The minimum Gasteiger partial charge on any atom is -0.508 e. The second-order valence-corrected chi connectivity index (χ2v) is 6.72. The molecule has 1 aromatic heterocycles. The Labute approximate surface area is 140 Å². The summed E-state index contributed by atoms with van der Waals surface area (Å²) >= 11 is 0. The van der Waals surface area contributed by atoms with Crippen molar-refractivity contribution in [3.8, 4) is 22.7 Å². The number of aromatic nitrogens is 3. The van der Waals surface area contributed by atoms with Gasteiger partial charge < -0.3 is 5.11 Å². The number of hydrogen-bond donors (Lipinski definition) is 1. The summed E-state index contributed by atoms with van der Waals surface area (Å²) in [6.07, 6.45) is 1.81. The molecule has 3 rings (SSSR count). The third-order valence-electron chi connectivity index (χ3n) is 3.73. The summed E-state index contributed by atoms with van der Waals surface area (Å²) in [4.78, 5) is 12.3. The number of Topliss-reactive ketones (excluding diaryl/α,β-unsaturated/α-hetero) is 1. The fourth-order valence-electron chi connectivity index (χ4n) is 2.35. The SMILES string of the molecule is CC(C)(C)C(=O)c1ccc(-c2cn(-c3ccc(O)cc3)nn2)cc1. The fourth-order valence-corrected chi connectivity index (χ4v) is 2.35. The van der Waals surface area contributed by atoms with Gasteiger partial charge in [-0.15, -0.1) is 5.10 Å². The highest BCUT2D eigenvalue weighted by atomic mass is 16.3. The average molecular weight is 321 g/mol. The van der Waals surface area contributed by atoms with Crippen LogP contribution < -0.4 is 0 Å². The minimum atomic E-state index is -0.399. The van der Waals surface area contributed by atoms with Crippen LogP contribution in [0.25, 0.3) is 16.9 Å². The summed E-state index contributed by atoms with van der Waals surface area (Å²) in [5, 5.41) is 17.6. The largest absolute Gasteiger partial charge is 0.508 e. The summed E-state index contributed by atoms with van der Waals surface area (Å²) in [6.45, 7) is 5.73. The fraction of sp³-hybridized carbons (Fsp3) is 0.211. The van der Waals surface area contributed by atoms with E-state index in [-0.39, 0.29) is 11.5 Å². The lowest BCUT2D eigenvalue weighted by molar-refractivity contribution is 0.0858. The van der Waals surface area contributed by atoms with Gasteiger partial charge in [0.25, 0.3) is 0 Å². The van der Waals surface area contributed by atoms with Crippen LogP contribution in [0.5, 0.6) is 5.75 Å². The molecule has 3 aromatic rings. The number of ketones is 1. The summed E-state index contributed by atoms with van der Waals surface area (Å²) in [6, 6.07) is 14.1. The molecular formula is C19H19N3O2. The number of nitrogens with zero attached hydrogens (tertiary/aromatic N) is 3. The van der Waals surface area contributed by atoms with Gasteiger partial charge in [-0.2, -0.15) is 0 Å². The zero-order valence-electron chi connectivity index (χ0n) is 13.9. The summed E-state index contributed by atoms with van der Waals surface area (Å²) < 4.78 is 1.64. The van der Waals surface area contributed by atoms with Crippen LogP contribution in [0.3, 0.4) is 0 Å². The molecule has 0 aliphatic heterocycles. The van der Waals surface area contributed by atoms with Crippen LogP contribution in [0.1, 0.15) is 31.1 Å². The molecule has 0 atom stereocenters. The van der Waals surface area contributed by atoms with Crippen LogP contribution in [-0.2, 0) is 0 Å². The van der Waals surface area contributed by atoms with Gasteiger partial charge in [0.1, 0.15) is 11.4 Å². The van der Waals surface area contributed by atoms with E-state index in [9.17, 15) is 9.90 Å². The van der Waals surface area contributed by atoms with Crippen LogP contribution in [0.4, 0.5) is 0 Å². The highest BCUT2D eigenvalue weighted by Crippen LogP contribution is 2.24. The lowest BCUT2D eigenvalue weighted by Crippen LogP contribution is -2.19. The van der Waals surface area contributed by atoms with Gasteiger partial charge in [0, 0.05) is 16.5 Å². The predicted octanol–water partition coefficient (Wildman–Crippen LogP) is 3.87.